The number of carbonyl (C=O) groups excluding carboxylic acids is 1. The van der Waals surface area contributed by atoms with Crippen LogP contribution >= 0.6 is 0 Å². The lowest BCUT2D eigenvalue weighted by Gasteiger charge is -2.14. The molecule has 0 aliphatic rings. The van der Waals surface area contributed by atoms with E-state index in [4.69, 9.17) is 9.47 Å². The number of benzene rings is 1. The zero-order chi connectivity index (χ0) is 15.0. The van der Waals surface area contributed by atoms with E-state index in [-0.39, 0.29) is 11.8 Å². The zero-order valence-corrected chi connectivity index (χ0v) is 12.7. The Balaban J connectivity index is 2.61. The second-order valence-electron chi connectivity index (χ2n) is 4.77. The fourth-order valence-corrected chi connectivity index (χ4v) is 1.76. The molecule has 1 atom stereocenters. The minimum absolute atomic E-state index is 0.00972. The minimum atomic E-state index is -0.0722. The van der Waals surface area contributed by atoms with Gasteiger partial charge in [0.1, 0.15) is 12.4 Å². The van der Waals surface area contributed by atoms with E-state index in [9.17, 15) is 4.79 Å². The van der Waals surface area contributed by atoms with E-state index in [1.54, 1.807) is 7.11 Å². The summed E-state index contributed by atoms with van der Waals surface area (Å²) in [5.74, 6) is 0.716. The van der Waals surface area contributed by atoms with E-state index < -0.39 is 0 Å². The topological polar surface area (TPSA) is 59.6 Å². The molecule has 2 N–H and O–H groups in total. The van der Waals surface area contributed by atoms with Crippen LogP contribution in [0.25, 0.3) is 0 Å². The van der Waals surface area contributed by atoms with Gasteiger partial charge in [0.2, 0.25) is 5.91 Å². The van der Waals surface area contributed by atoms with Crippen molar-refractivity contribution in [2.75, 3.05) is 39.2 Å². The molecular formula is C15H24N2O3. The number of hydrogen-bond donors (Lipinski definition) is 2. The molecule has 0 fully saturated rings. The predicted molar refractivity (Wildman–Crippen MR) is 80.3 cm³/mol. The normalized spacial score (nSPS) is 12.0. The van der Waals surface area contributed by atoms with Crippen molar-refractivity contribution in [3.05, 3.63) is 23.8 Å². The van der Waals surface area contributed by atoms with Crippen LogP contribution in [0.5, 0.6) is 5.75 Å². The number of nitrogens with one attached hydrogen (secondary N) is 2. The summed E-state index contributed by atoms with van der Waals surface area (Å²) in [7, 11) is 3.47. The van der Waals surface area contributed by atoms with E-state index in [0.717, 1.165) is 17.0 Å². The summed E-state index contributed by atoms with van der Waals surface area (Å²) in [4.78, 5) is 12.0. The molecule has 0 radical (unpaired) electrons. The van der Waals surface area contributed by atoms with Gasteiger partial charge in [-0.3, -0.25) is 4.79 Å². The average molecular weight is 280 g/mol. The van der Waals surface area contributed by atoms with Crippen molar-refractivity contribution in [2.24, 2.45) is 5.92 Å². The molecule has 5 heteroatoms. The molecule has 0 bridgehead atoms. The number of rotatable bonds is 8. The lowest BCUT2D eigenvalue weighted by molar-refractivity contribution is -0.119. The van der Waals surface area contributed by atoms with Gasteiger partial charge >= 0.3 is 0 Å². The Hall–Kier alpha value is -1.59. The summed E-state index contributed by atoms with van der Waals surface area (Å²) >= 11 is 0. The predicted octanol–water partition coefficient (Wildman–Crippen LogP) is 1.81. The van der Waals surface area contributed by atoms with Gasteiger partial charge in [-0.25, -0.2) is 0 Å². The van der Waals surface area contributed by atoms with Crippen molar-refractivity contribution < 1.29 is 14.3 Å². The van der Waals surface area contributed by atoms with Crippen LogP contribution in [0.15, 0.2) is 18.2 Å². The van der Waals surface area contributed by atoms with Crippen molar-refractivity contribution in [1.82, 2.24) is 5.32 Å². The van der Waals surface area contributed by atoms with Crippen LogP contribution in [0.2, 0.25) is 0 Å². The maximum Gasteiger partial charge on any atom is 0.228 e. The van der Waals surface area contributed by atoms with Crippen LogP contribution in [0.4, 0.5) is 5.69 Å². The fourth-order valence-electron chi connectivity index (χ4n) is 1.76. The zero-order valence-electron chi connectivity index (χ0n) is 12.7. The molecule has 0 aromatic heterocycles. The van der Waals surface area contributed by atoms with Gasteiger partial charge in [-0.2, -0.15) is 0 Å². The van der Waals surface area contributed by atoms with Crippen LogP contribution in [0.1, 0.15) is 12.5 Å². The summed E-state index contributed by atoms with van der Waals surface area (Å²) in [6, 6.07) is 5.62. The standard InChI is InChI=1S/C15H24N2O3/c1-11-9-13(20-8-7-19-4)5-6-14(11)17-15(18)12(2)10-16-3/h5-6,9,12,16H,7-8,10H2,1-4H3,(H,17,18). The Kier molecular flexibility index (Phi) is 7.04. The third-order valence-electron chi connectivity index (χ3n) is 2.97. The molecule has 0 spiro atoms. The first kappa shape index (κ1) is 16.5. The number of aryl methyl sites for hydroxylation is 1. The van der Waals surface area contributed by atoms with Crippen molar-refractivity contribution in [1.29, 1.82) is 0 Å². The number of anilines is 1. The van der Waals surface area contributed by atoms with E-state index in [0.29, 0.717) is 19.8 Å². The molecule has 1 aromatic rings. The molecule has 112 valence electrons. The lowest BCUT2D eigenvalue weighted by Crippen LogP contribution is -2.28. The van der Waals surface area contributed by atoms with Gasteiger partial charge in [-0.05, 0) is 37.7 Å². The Bertz CT molecular complexity index is 435. The maximum atomic E-state index is 12.0. The molecule has 0 heterocycles. The Morgan fingerprint density at radius 3 is 2.70 bits per heavy atom. The quantitative estimate of drug-likeness (QED) is 0.713. The molecule has 5 nitrogen and oxygen atoms in total. The maximum absolute atomic E-state index is 12.0. The van der Waals surface area contributed by atoms with Crippen LogP contribution < -0.4 is 15.4 Å². The Morgan fingerprint density at radius 2 is 2.10 bits per heavy atom. The van der Waals surface area contributed by atoms with Crippen molar-refractivity contribution >= 4 is 11.6 Å². The van der Waals surface area contributed by atoms with Gasteiger partial charge in [0.05, 0.1) is 6.61 Å². The second-order valence-corrected chi connectivity index (χ2v) is 4.77. The third kappa shape index (κ3) is 5.19. The monoisotopic (exact) mass is 280 g/mol. The lowest BCUT2D eigenvalue weighted by atomic mass is 10.1. The van der Waals surface area contributed by atoms with Crippen LogP contribution in [-0.2, 0) is 9.53 Å². The molecule has 0 aliphatic carbocycles. The average Bonchev–Trinajstić information content (AvgIpc) is 2.42. The number of methoxy groups -OCH3 is 1. The fraction of sp³-hybridized carbons (Fsp3) is 0.533. The van der Waals surface area contributed by atoms with Gasteiger partial charge in [0.25, 0.3) is 0 Å². The van der Waals surface area contributed by atoms with Crippen LogP contribution in [-0.4, -0.2) is 39.8 Å². The van der Waals surface area contributed by atoms with E-state index in [1.807, 2.05) is 39.1 Å². The number of amides is 1. The molecule has 0 saturated carbocycles. The van der Waals surface area contributed by atoms with E-state index >= 15 is 0 Å². The first-order valence-electron chi connectivity index (χ1n) is 6.76. The first-order valence-corrected chi connectivity index (χ1v) is 6.76. The summed E-state index contributed by atoms with van der Waals surface area (Å²) < 4.78 is 10.5. The van der Waals surface area contributed by atoms with Gasteiger partial charge < -0.3 is 20.1 Å². The van der Waals surface area contributed by atoms with Crippen molar-refractivity contribution in [3.63, 3.8) is 0 Å². The molecule has 1 unspecified atom stereocenters. The molecule has 0 aliphatic heterocycles. The summed E-state index contributed by atoms with van der Waals surface area (Å²) in [5.41, 5.74) is 1.79. The highest BCUT2D eigenvalue weighted by Gasteiger charge is 2.13. The highest BCUT2D eigenvalue weighted by molar-refractivity contribution is 5.93. The molecular weight excluding hydrogens is 256 g/mol. The molecule has 0 saturated heterocycles. The van der Waals surface area contributed by atoms with Gasteiger partial charge in [0, 0.05) is 25.3 Å². The van der Waals surface area contributed by atoms with Gasteiger partial charge in [-0.1, -0.05) is 6.92 Å². The van der Waals surface area contributed by atoms with Crippen LogP contribution in [0, 0.1) is 12.8 Å². The highest BCUT2D eigenvalue weighted by Crippen LogP contribution is 2.21. The largest absolute Gasteiger partial charge is 0.491 e. The Labute approximate surface area is 120 Å². The number of carbonyl (C=O) groups is 1. The summed E-state index contributed by atoms with van der Waals surface area (Å²) in [6.07, 6.45) is 0. The van der Waals surface area contributed by atoms with Crippen LogP contribution in [0.3, 0.4) is 0 Å². The first-order chi connectivity index (χ1) is 9.58. The van der Waals surface area contributed by atoms with E-state index in [1.165, 1.54) is 0 Å². The molecule has 1 amide bonds. The van der Waals surface area contributed by atoms with Crippen molar-refractivity contribution in [3.8, 4) is 5.75 Å². The molecule has 20 heavy (non-hydrogen) atoms. The summed E-state index contributed by atoms with van der Waals surface area (Å²) in [5, 5.41) is 5.92. The second kappa shape index (κ2) is 8.55. The summed E-state index contributed by atoms with van der Waals surface area (Å²) in [6.45, 7) is 5.56. The number of ether oxygens (including phenoxy) is 2. The van der Waals surface area contributed by atoms with Gasteiger partial charge in [0.15, 0.2) is 0 Å². The smallest absolute Gasteiger partial charge is 0.228 e. The third-order valence-corrected chi connectivity index (χ3v) is 2.97. The van der Waals surface area contributed by atoms with Gasteiger partial charge in [-0.15, -0.1) is 0 Å². The Morgan fingerprint density at radius 1 is 1.35 bits per heavy atom. The molecule has 1 aromatic carbocycles. The minimum Gasteiger partial charge on any atom is -0.491 e. The molecule has 1 rings (SSSR count). The van der Waals surface area contributed by atoms with Crippen molar-refractivity contribution in [2.45, 2.75) is 13.8 Å². The number of hydrogen-bond acceptors (Lipinski definition) is 4. The SMILES string of the molecule is CNCC(C)C(=O)Nc1ccc(OCCOC)cc1C. The van der Waals surface area contributed by atoms with E-state index in [2.05, 4.69) is 10.6 Å². The highest BCUT2D eigenvalue weighted by atomic mass is 16.5.